The van der Waals surface area contributed by atoms with Gasteiger partial charge in [0.25, 0.3) is 0 Å². The van der Waals surface area contributed by atoms with E-state index in [9.17, 15) is 4.79 Å². The molecule has 3 nitrogen and oxygen atoms in total. The van der Waals surface area contributed by atoms with Gasteiger partial charge >= 0.3 is 0 Å². The number of hydrogen-bond acceptors (Lipinski definition) is 2. The molecule has 0 radical (unpaired) electrons. The highest BCUT2D eigenvalue weighted by atomic mass is 16.2. The third kappa shape index (κ3) is 2.88. The van der Waals surface area contributed by atoms with Crippen molar-refractivity contribution in [2.45, 2.75) is 70.3 Å². The predicted molar refractivity (Wildman–Crippen MR) is 81.1 cm³/mol. The van der Waals surface area contributed by atoms with E-state index in [4.69, 9.17) is 5.73 Å². The molecule has 3 aliphatic rings. The molecule has 0 aliphatic heterocycles. The van der Waals surface area contributed by atoms with Crippen molar-refractivity contribution in [3.05, 3.63) is 0 Å². The zero-order valence-electron chi connectivity index (χ0n) is 12.9. The first-order valence-electron chi connectivity index (χ1n) is 8.64. The summed E-state index contributed by atoms with van der Waals surface area (Å²) in [5.74, 6) is 2.88. The monoisotopic (exact) mass is 278 g/mol. The summed E-state index contributed by atoms with van der Waals surface area (Å²) in [4.78, 5) is 12.6. The van der Waals surface area contributed by atoms with Crippen LogP contribution >= 0.6 is 0 Å². The molecule has 3 aliphatic carbocycles. The normalized spacial score (nSPS) is 36.8. The lowest BCUT2D eigenvalue weighted by molar-refractivity contribution is -0.129. The molecular weight excluding hydrogens is 248 g/mol. The van der Waals surface area contributed by atoms with E-state index < -0.39 is 0 Å². The van der Waals surface area contributed by atoms with E-state index in [2.05, 4.69) is 12.2 Å². The number of amides is 1. The number of rotatable bonds is 4. The van der Waals surface area contributed by atoms with Crippen LogP contribution in [0.5, 0.6) is 0 Å². The van der Waals surface area contributed by atoms with Gasteiger partial charge in [0.05, 0.1) is 5.54 Å². The molecule has 0 aromatic heterocycles. The van der Waals surface area contributed by atoms with E-state index in [0.29, 0.717) is 12.5 Å². The van der Waals surface area contributed by atoms with Crippen LogP contribution in [0.2, 0.25) is 0 Å². The molecule has 114 valence electrons. The summed E-state index contributed by atoms with van der Waals surface area (Å²) < 4.78 is 0. The van der Waals surface area contributed by atoms with Gasteiger partial charge in [-0.25, -0.2) is 0 Å². The first-order valence-corrected chi connectivity index (χ1v) is 8.64. The summed E-state index contributed by atoms with van der Waals surface area (Å²) in [5, 5.41) is 3.31. The summed E-state index contributed by atoms with van der Waals surface area (Å²) in [6.07, 6.45) is 11.5. The van der Waals surface area contributed by atoms with Gasteiger partial charge in [-0.15, -0.1) is 0 Å². The molecule has 0 aromatic carbocycles. The fourth-order valence-electron chi connectivity index (χ4n) is 4.54. The van der Waals surface area contributed by atoms with E-state index >= 15 is 0 Å². The lowest BCUT2D eigenvalue weighted by Crippen LogP contribution is -2.55. The van der Waals surface area contributed by atoms with Gasteiger partial charge in [-0.3, -0.25) is 4.79 Å². The van der Waals surface area contributed by atoms with Crippen molar-refractivity contribution in [3.63, 3.8) is 0 Å². The maximum absolute atomic E-state index is 12.6. The van der Waals surface area contributed by atoms with Crippen LogP contribution < -0.4 is 11.1 Å². The van der Waals surface area contributed by atoms with E-state index in [-0.39, 0.29) is 17.4 Å². The Bertz CT molecular complexity index is 366. The number of hydrogen-bond donors (Lipinski definition) is 2. The van der Waals surface area contributed by atoms with Crippen LogP contribution in [-0.4, -0.2) is 18.0 Å². The minimum atomic E-state index is -0.152. The number of nitrogens with two attached hydrogens (primary N) is 1. The van der Waals surface area contributed by atoms with Crippen molar-refractivity contribution >= 4 is 5.91 Å². The van der Waals surface area contributed by atoms with Crippen LogP contribution in [-0.2, 0) is 4.79 Å². The molecule has 1 amide bonds. The highest BCUT2D eigenvalue weighted by Gasteiger charge is 2.43. The fourth-order valence-corrected chi connectivity index (χ4v) is 4.54. The van der Waals surface area contributed by atoms with Gasteiger partial charge in [0, 0.05) is 12.5 Å². The Morgan fingerprint density at radius 3 is 2.45 bits per heavy atom. The number of carbonyl (C=O) groups excluding carboxylic acids is 1. The van der Waals surface area contributed by atoms with Crippen LogP contribution in [0, 0.1) is 23.7 Å². The predicted octanol–water partition coefficient (Wildman–Crippen LogP) is 2.84. The summed E-state index contributed by atoms with van der Waals surface area (Å²) in [6.45, 7) is 2.71. The Morgan fingerprint density at radius 2 is 1.80 bits per heavy atom. The lowest BCUT2D eigenvalue weighted by Gasteiger charge is -2.40. The molecule has 0 heterocycles. The molecule has 3 rings (SSSR count). The molecule has 3 heteroatoms. The second kappa shape index (κ2) is 5.67. The molecule has 0 aromatic rings. The van der Waals surface area contributed by atoms with Crippen molar-refractivity contribution in [2.24, 2.45) is 29.4 Å². The van der Waals surface area contributed by atoms with Gasteiger partial charge in [0.15, 0.2) is 0 Å². The zero-order chi connectivity index (χ0) is 14.2. The summed E-state index contributed by atoms with van der Waals surface area (Å²) in [5.41, 5.74) is 5.76. The molecular formula is C17H30N2O. The van der Waals surface area contributed by atoms with Crippen molar-refractivity contribution in [3.8, 4) is 0 Å². The number of fused-ring (bicyclic) bond motifs is 1. The second-order valence-corrected chi connectivity index (χ2v) is 7.70. The first kappa shape index (κ1) is 14.4. The molecule has 20 heavy (non-hydrogen) atoms. The third-order valence-electron chi connectivity index (χ3n) is 6.22. The van der Waals surface area contributed by atoms with Crippen LogP contribution in [0.3, 0.4) is 0 Å². The van der Waals surface area contributed by atoms with E-state index in [1.54, 1.807) is 0 Å². The van der Waals surface area contributed by atoms with Gasteiger partial charge in [-0.05, 0) is 56.8 Å². The zero-order valence-corrected chi connectivity index (χ0v) is 12.9. The van der Waals surface area contributed by atoms with Gasteiger partial charge in [-0.1, -0.05) is 25.7 Å². The van der Waals surface area contributed by atoms with Crippen LogP contribution in [0.15, 0.2) is 0 Å². The average molecular weight is 278 g/mol. The van der Waals surface area contributed by atoms with Crippen molar-refractivity contribution < 1.29 is 4.79 Å². The minimum absolute atomic E-state index is 0.152. The van der Waals surface area contributed by atoms with Gasteiger partial charge in [-0.2, -0.15) is 0 Å². The van der Waals surface area contributed by atoms with Crippen molar-refractivity contribution in [1.29, 1.82) is 0 Å². The maximum Gasteiger partial charge on any atom is 0.223 e. The van der Waals surface area contributed by atoms with E-state index in [1.165, 1.54) is 44.9 Å². The molecule has 4 unspecified atom stereocenters. The molecule has 4 atom stereocenters. The third-order valence-corrected chi connectivity index (χ3v) is 6.22. The van der Waals surface area contributed by atoms with Crippen LogP contribution in [0.4, 0.5) is 0 Å². The Labute approximate surface area is 123 Å². The first-order chi connectivity index (χ1) is 9.62. The fraction of sp³-hybridized carbons (Fsp3) is 0.941. The summed E-state index contributed by atoms with van der Waals surface area (Å²) >= 11 is 0. The minimum Gasteiger partial charge on any atom is -0.349 e. The smallest absolute Gasteiger partial charge is 0.223 e. The highest BCUT2D eigenvalue weighted by Crippen LogP contribution is 2.43. The summed E-state index contributed by atoms with van der Waals surface area (Å²) in [7, 11) is 0. The largest absolute Gasteiger partial charge is 0.349 e. The van der Waals surface area contributed by atoms with Crippen LogP contribution in [0.1, 0.15) is 64.7 Å². The molecule has 0 spiro atoms. The van der Waals surface area contributed by atoms with Crippen LogP contribution in [0.25, 0.3) is 0 Å². The number of carbonyl (C=O) groups is 1. The molecule has 3 N–H and O–H groups in total. The molecule has 0 bridgehead atoms. The number of nitrogens with one attached hydrogen (secondary N) is 1. The van der Waals surface area contributed by atoms with Crippen molar-refractivity contribution in [1.82, 2.24) is 5.32 Å². The second-order valence-electron chi connectivity index (χ2n) is 7.70. The highest BCUT2D eigenvalue weighted by molar-refractivity contribution is 5.79. The Kier molecular flexibility index (Phi) is 4.07. The average Bonchev–Trinajstić information content (AvgIpc) is 3.31. The van der Waals surface area contributed by atoms with Gasteiger partial charge in [0.2, 0.25) is 5.91 Å². The Morgan fingerprint density at radius 1 is 1.10 bits per heavy atom. The van der Waals surface area contributed by atoms with Gasteiger partial charge in [0.1, 0.15) is 0 Å². The topological polar surface area (TPSA) is 55.1 Å². The molecule has 0 saturated heterocycles. The van der Waals surface area contributed by atoms with E-state index in [0.717, 1.165) is 24.7 Å². The Hall–Kier alpha value is -0.570. The Balaban J connectivity index is 1.57. The van der Waals surface area contributed by atoms with Crippen molar-refractivity contribution in [2.75, 3.05) is 6.54 Å². The quantitative estimate of drug-likeness (QED) is 0.831. The molecule has 3 fully saturated rings. The maximum atomic E-state index is 12.6. The van der Waals surface area contributed by atoms with E-state index in [1.807, 2.05) is 0 Å². The van der Waals surface area contributed by atoms with Gasteiger partial charge < -0.3 is 11.1 Å². The summed E-state index contributed by atoms with van der Waals surface area (Å²) in [6, 6.07) is 0. The standard InChI is InChI=1S/C17H30N2O/c1-17(11-18,15-8-9-15)19-16(20)14-7-6-12-4-2-3-5-13(12)10-14/h12-15H,2-11,18H2,1H3,(H,19,20). The molecule has 3 saturated carbocycles. The SMILES string of the molecule is CC(CN)(NC(=O)C1CCC2CCCCC2C1)C1CC1. The lowest BCUT2D eigenvalue weighted by atomic mass is 9.67.